The first kappa shape index (κ1) is 16.3. The van der Waals surface area contributed by atoms with Crippen LogP contribution in [-0.4, -0.2) is 40.9 Å². The second-order valence-corrected chi connectivity index (χ2v) is 6.80. The Labute approximate surface area is 125 Å². The van der Waals surface area contributed by atoms with Crippen molar-refractivity contribution in [2.75, 3.05) is 14.1 Å². The maximum atomic E-state index is 12.8. The molecule has 0 aliphatic carbocycles. The lowest BCUT2D eigenvalue weighted by molar-refractivity contribution is 0.0666. The highest BCUT2D eigenvalue weighted by molar-refractivity contribution is 7.89. The van der Waals surface area contributed by atoms with Gasteiger partial charge in [0.05, 0.1) is 11.4 Å². The predicted molar refractivity (Wildman–Crippen MR) is 74.2 cm³/mol. The summed E-state index contributed by atoms with van der Waals surface area (Å²) in [4.78, 5) is 15.5. The van der Waals surface area contributed by atoms with Gasteiger partial charge in [0.1, 0.15) is 5.82 Å². The maximum Gasteiger partial charge on any atom is 0.319 e. The minimum absolute atomic E-state index is 0.0449. The number of nitrogens with zero attached hydrogens (tertiary/aromatic N) is 4. The number of pyridine rings is 1. The van der Waals surface area contributed by atoms with E-state index in [0.717, 1.165) is 27.3 Å². The van der Waals surface area contributed by atoms with E-state index in [1.807, 2.05) is 0 Å². The van der Waals surface area contributed by atoms with Gasteiger partial charge in [-0.05, 0) is 6.07 Å². The zero-order chi connectivity index (χ0) is 16.5. The van der Waals surface area contributed by atoms with Crippen LogP contribution in [0.2, 0.25) is 0 Å². The minimum atomic E-state index is -3.72. The molecule has 2 rings (SSSR count). The molecule has 0 atom stereocenters. The molecule has 2 aromatic rings. The van der Waals surface area contributed by atoms with E-state index in [9.17, 15) is 22.0 Å². The summed E-state index contributed by atoms with van der Waals surface area (Å²) in [6.07, 6.45) is 3.39. The van der Waals surface area contributed by atoms with Gasteiger partial charge in [-0.2, -0.15) is 8.78 Å². The van der Waals surface area contributed by atoms with E-state index in [1.54, 1.807) is 0 Å². The van der Waals surface area contributed by atoms with Crippen LogP contribution >= 0.6 is 0 Å². The Balaban J connectivity index is 2.44. The van der Waals surface area contributed by atoms with Crippen LogP contribution in [0.5, 0.6) is 0 Å². The topological polar surface area (TPSA) is 77.2 Å². The lowest BCUT2D eigenvalue weighted by Gasteiger charge is -2.13. The van der Waals surface area contributed by atoms with E-state index in [-0.39, 0.29) is 17.3 Å². The van der Waals surface area contributed by atoms with Gasteiger partial charge in [-0.3, -0.25) is 9.36 Å². The van der Waals surface area contributed by atoms with Crippen LogP contribution in [0.15, 0.2) is 40.4 Å². The molecule has 22 heavy (non-hydrogen) atoms. The van der Waals surface area contributed by atoms with E-state index in [0.29, 0.717) is 4.57 Å². The van der Waals surface area contributed by atoms with Crippen LogP contribution < -0.4 is 5.56 Å². The first-order chi connectivity index (χ1) is 10.2. The van der Waals surface area contributed by atoms with Gasteiger partial charge in [-0.1, -0.05) is 0 Å². The summed E-state index contributed by atoms with van der Waals surface area (Å²) < 4.78 is 52.3. The van der Waals surface area contributed by atoms with E-state index >= 15 is 0 Å². The molecule has 0 radical (unpaired) electrons. The SMILES string of the molecule is CN(C)S(=O)(=O)c1ccc(=O)n(Cc2nccn2C(F)F)c1. The second kappa shape index (κ2) is 5.97. The van der Waals surface area contributed by atoms with Crippen LogP contribution in [0.3, 0.4) is 0 Å². The largest absolute Gasteiger partial charge is 0.319 e. The molecule has 0 aromatic carbocycles. The summed E-state index contributed by atoms with van der Waals surface area (Å²) in [7, 11) is -1.01. The van der Waals surface area contributed by atoms with Crippen molar-refractivity contribution in [3.8, 4) is 0 Å². The average Bonchev–Trinajstić information content (AvgIpc) is 2.89. The third kappa shape index (κ3) is 3.07. The molecule has 0 fully saturated rings. The van der Waals surface area contributed by atoms with E-state index < -0.39 is 22.1 Å². The van der Waals surface area contributed by atoms with Gasteiger partial charge in [0, 0.05) is 38.8 Å². The zero-order valence-electron chi connectivity index (χ0n) is 11.8. The van der Waals surface area contributed by atoms with E-state index in [4.69, 9.17) is 0 Å². The molecule has 0 bridgehead atoms. The van der Waals surface area contributed by atoms with Crippen molar-refractivity contribution in [2.45, 2.75) is 18.0 Å². The first-order valence-electron chi connectivity index (χ1n) is 6.16. The standard InChI is InChI=1S/C12H14F2N4O3S/c1-16(2)22(20,21)9-3-4-11(19)17(7-9)8-10-15-5-6-18(10)12(13)14/h3-7,12H,8H2,1-2H3. The predicted octanol–water partition coefficient (Wildman–Crippen LogP) is 0.738. The Hall–Kier alpha value is -2.07. The highest BCUT2D eigenvalue weighted by atomic mass is 32.2. The monoisotopic (exact) mass is 332 g/mol. The molecule has 0 N–H and O–H groups in total. The van der Waals surface area contributed by atoms with Gasteiger partial charge in [0.25, 0.3) is 5.56 Å². The lowest BCUT2D eigenvalue weighted by atomic mass is 10.4. The third-order valence-corrected chi connectivity index (χ3v) is 4.80. The van der Waals surface area contributed by atoms with Gasteiger partial charge in [-0.25, -0.2) is 17.7 Å². The number of sulfonamides is 1. The van der Waals surface area contributed by atoms with Crippen molar-refractivity contribution >= 4 is 10.0 Å². The summed E-state index contributed by atoms with van der Waals surface area (Å²) in [5.74, 6) is -0.0449. The smallest absolute Gasteiger partial charge is 0.307 e. The van der Waals surface area contributed by atoms with Gasteiger partial charge in [0.15, 0.2) is 0 Å². The average molecular weight is 332 g/mol. The van der Waals surface area contributed by atoms with E-state index in [1.165, 1.54) is 26.4 Å². The summed E-state index contributed by atoms with van der Waals surface area (Å²) in [6.45, 7) is -3.05. The van der Waals surface area contributed by atoms with Crippen molar-refractivity contribution in [3.63, 3.8) is 0 Å². The summed E-state index contributed by atoms with van der Waals surface area (Å²) in [5.41, 5.74) is -0.512. The molecule has 120 valence electrons. The fourth-order valence-electron chi connectivity index (χ4n) is 1.79. The molecule has 0 aliphatic heterocycles. The molecule has 10 heteroatoms. The highest BCUT2D eigenvalue weighted by Gasteiger charge is 2.19. The number of halogens is 2. The van der Waals surface area contributed by atoms with Gasteiger partial charge in [0.2, 0.25) is 10.0 Å². The number of rotatable bonds is 5. The normalized spacial score (nSPS) is 12.3. The second-order valence-electron chi connectivity index (χ2n) is 4.65. The molecule has 7 nitrogen and oxygen atoms in total. The Morgan fingerprint density at radius 1 is 1.32 bits per heavy atom. The number of aromatic nitrogens is 3. The van der Waals surface area contributed by atoms with Crippen molar-refractivity contribution in [1.29, 1.82) is 0 Å². The Bertz CT molecular complexity index is 827. The van der Waals surface area contributed by atoms with Crippen molar-refractivity contribution < 1.29 is 17.2 Å². The number of alkyl halides is 2. The number of hydrogen-bond donors (Lipinski definition) is 0. The maximum absolute atomic E-state index is 12.8. The number of hydrogen-bond acceptors (Lipinski definition) is 4. The molecule has 0 aliphatic rings. The summed E-state index contributed by atoms with van der Waals surface area (Å²) in [5, 5.41) is 0. The molecule has 0 saturated carbocycles. The first-order valence-corrected chi connectivity index (χ1v) is 7.60. The van der Waals surface area contributed by atoms with Gasteiger partial charge in [-0.15, -0.1) is 0 Å². The van der Waals surface area contributed by atoms with Crippen molar-refractivity contribution in [2.24, 2.45) is 0 Å². The van der Waals surface area contributed by atoms with Gasteiger partial charge >= 0.3 is 6.55 Å². The quantitative estimate of drug-likeness (QED) is 0.809. The van der Waals surface area contributed by atoms with Gasteiger partial charge < -0.3 is 4.57 Å². The van der Waals surface area contributed by atoms with Crippen LogP contribution in [0.1, 0.15) is 12.4 Å². The molecular formula is C12H14F2N4O3S. The molecule has 0 spiro atoms. The lowest BCUT2D eigenvalue weighted by Crippen LogP contribution is -2.26. The van der Waals surface area contributed by atoms with Crippen LogP contribution in [0.4, 0.5) is 8.78 Å². The molecule has 0 amide bonds. The molecule has 2 aromatic heterocycles. The van der Waals surface area contributed by atoms with Crippen LogP contribution in [0, 0.1) is 0 Å². The van der Waals surface area contributed by atoms with E-state index in [2.05, 4.69) is 4.98 Å². The summed E-state index contributed by atoms with van der Waals surface area (Å²) >= 11 is 0. The molecular weight excluding hydrogens is 318 g/mol. The molecule has 2 heterocycles. The molecule has 0 unspecified atom stereocenters. The Kier molecular flexibility index (Phi) is 4.42. The van der Waals surface area contributed by atoms with Crippen molar-refractivity contribution in [3.05, 3.63) is 46.9 Å². The van der Waals surface area contributed by atoms with Crippen molar-refractivity contribution in [1.82, 2.24) is 18.4 Å². The Morgan fingerprint density at radius 2 is 2.00 bits per heavy atom. The fourth-order valence-corrected chi connectivity index (χ4v) is 2.71. The Morgan fingerprint density at radius 3 is 2.59 bits per heavy atom. The summed E-state index contributed by atoms with van der Waals surface area (Å²) in [6, 6.07) is 2.25. The fraction of sp³-hybridized carbons (Fsp3) is 0.333. The van der Waals surface area contributed by atoms with Crippen LogP contribution in [-0.2, 0) is 16.6 Å². The molecule has 0 saturated heterocycles. The van der Waals surface area contributed by atoms with Crippen LogP contribution in [0.25, 0.3) is 0 Å². The zero-order valence-corrected chi connectivity index (χ0v) is 12.7. The minimum Gasteiger partial charge on any atom is -0.307 e. The third-order valence-electron chi connectivity index (χ3n) is 3.01. The highest BCUT2D eigenvalue weighted by Crippen LogP contribution is 2.14. The number of imidazole rings is 1.